The van der Waals surface area contributed by atoms with Gasteiger partial charge in [0.2, 0.25) is 0 Å². The fourth-order valence-electron chi connectivity index (χ4n) is 3.31. The molecule has 0 saturated carbocycles. The largest absolute Gasteiger partial charge is 0.497 e. The molecule has 26 heavy (non-hydrogen) atoms. The van der Waals surface area contributed by atoms with Crippen molar-refractivity contribution in [1.29, 1.82) is 0 Å². The van der Waals surface area contributed by atoms with Crippen molar-refractivity contribution in [2.75, 3.05) is 38.6 Å². The second-order valence-electron chi connectivity index (χ2n) is 6.72. The number of ether oxygens (including phenoxy) is 1. The van der Waals surface area contributed by atoms with Gasteiger partial charge in [0.25, 0.3) is 0 Å². The number of methoxy groups -OCH3 is 1. The second-order valence-corrected chi connectivity index (χ2v) is 7.11. The third-order valence-corrected chi connectivity index (χ3v) is 5.21. The highest BCUT2D eigenvalue weighted by molar-refractivity contribution is 7.80. The van der Waals surface area contributed by atoms with Crippen molar-refractivity contribution < 1.29 is 14.1 Å². The van der Waals surface area contributed by atoms with E-state index in [9.17, 15) is 0 Å². The van der Waals surface area contributed by atoms with E-state index in [-0.39, 0.29) is 0 Å². The molecule has 0 aliphatic carbocycles. The molecule has 1 aliphatic heterocycles. The quantitative estimate of drug-likeness (QED) is 0.729. The Morgan fingerprint density at radius 1 is 1.19 bits per heavy atom. The van der Waals surface area contributed by atoms with Gasteiger partial charge in [-0.05, 0) is 67.9 Å². The lowest BCUT2D eigenvalue weighted by atomic mass is 10.1. The predicted octanol–water partition coefficient (Wildman–Crippen LogP) is 2.56. The van der Waals surface area contributed by atoms with Gasteiger partial charge >= 0.3 is 0 Å². The Balaban J connectivity index is 1.61. The first-order valence-corrected chi connectivity index (χ1v) is 9.71. The van der Waals surface area contributed by atoms with E-state index >= 15 is 0 Å². The van der Waals surface area contributed by atoms with Gasteiger partial charge in [-0.3, -0.25) is 0 Å². The van der Waals surface area contributed by atoms with E-state index in [0.29, 0.717) is 6.54 Å². The van der Waals surface area contributed by atoms with Crippen LogP contribution in [0.15, 0.2) is 47.1 Å². The van der Waals surface area contributed by atoms with Crippen LogP contribution in [-0.2, 0) is 6.54 Å². The van der Waals surface area contributed by atoms with E-state index in [2.05, 4.69) is 10.2 Å². The maximum absolute atomic E-state index is 5.69. The van der Waals surface area contributed by atoms with Gasteiger partial charge < -0.3 is 24.3 Å². The van der Waals surface area contributed by atoms with Crippen LogP contribution in [0.25, 0.3) is 0 Å². The number of piperidine rings is 1. The lowest BCUT2D eigenvalue weighted by molar-refractivity contribution is -0.904. The fourth-order valence-corrected chi connectivity index (χ4v) is 3.59. The number of likely N-dealkylation sites (tertiary alicyclic amines) is 1. The van der Waals surface area contributed by atoms with E-state index in [1.54, 1.807) is 18.3 Å². The molecular formula is C20H28N3O2S+. The molecule has 1 aromatic carbocycles. The molecule has 1 fully saturated rings. The van der Waals surface area contributed by atoms with Crippen LogP contribution in [0.3, 0.4) is 0 Å². The van der Waals surface area contributed by atoms with E-state index in [1.807, 2.05) is 36.4 Å². The standard InChI is InChI=1S/C20H27N3O2S/c1-24-18-9-7-17(8-10-18)21-20(26)23(16-19-6-5-15-25-19)14-13-22-11-3-2-4-12-22/h5-10,15H,2-4,11-14,16H2,1H3,(H,21,26)/p+1. The molecule has 2 heterocycles. The first kappa shape index (κ1) is 18.7. The lowest BCUT2D eigenvalue weighted by Gasteiger charge is -2.29. The maximum atomic E-state index is 5.69. The van der Waals surface area contributed by atoms with Crippen molar-refractivity contribution in [1.82, 2.24) is 4.90 Å². The van der Waals surface area contributed by atoms with Crippen LogP contribution in [0.1, 0.15) is 25.0 Å². The Morgan fingerprint density at radius 2 is 1.96 bits per heavy atom. The van der Waals surface area contributed by atoms with Gasteiger partial charge in [-0.15, -0.1) is 0 Å². The summed E-state index contributed by atoms with van der Waals surface area (Å²) < 4.78 is 10.7. The molecule has 0 radical (unpaired) electrons. The van der Waals surface area contributed by atoms with Crippen LogP contribution in [0.4, 0.5) is 5.69 Å². The zero-order valence-electron chi connectivity index (χ0n) is 15.4. The highest BCUT2D eigenvalue weighted by Gasteiger charge is 2.18. The summed E-state index contributed by atoms with van der Waals surface area (Å²) in [6.45, 7) is 5.24. The summed E-state index contributed by atoms with van der Waals surface area (Å²) >= 11 is 5.69. The summed E-state index contributed by atoms with van der Waals surface area (Å²) in [5, 5.41) is 4.07. The Morgan fingerprint density at radius 3 is 2.62 bits per heavy atom. The lowest BCUT2D eigenvalue weighted by Crippen LogP contribution is -3.13. The third kappa shape index (κ3) is 5.47. The Kier molecular flexibility index (Phi) is 6.91. The normalized spacial score (nSPS) is 14.8. The topological polar surface area (TPSA) is 42.1 Å². The molecule has 2 aromatic rings. The number of benzene rings is 1. The van der Waals surface area contributed by atoms with Crippen molar-refractivity contribution in [3.05, 3.63) is 48.4 Å². The Labute approximate surface area is 160 Å². The summed E-state index contributed by atoms with van der Waals surface area (Å²) in [7, 11) is 1.67. The Bertz CT molecular complexity index is 667. The van der Waals surface area contributed by atoms with Crippen LogP contribution in [0.2, 0.25) is 0 Å². The highest BCUT2D eigenvalue weighted by atomic mass is 32.1. The molecule has 3 rings (SSSR count). The fraction of sp³-hybridized carbons (Fsp3) is 0.450. The summed E-state index contributed by atoms with van der Waals surface area (Å²) in [4.78, 5) is 3.87. The van der Waals surface area contributed by atoms with Crippen molar-refractivity contribution in [2.45, 2.75) is 25.8 Å². The molecule has 0 amide bonds. The van der Waals surface area contributed by atoms with Crippen LogP contribution in [0, 0.1) is 0 Å². The number of quaternary nitrogens is 1. The Hall–Kier alpha value is -2.05. The molecule has 140 valence electrons. The molecule has 0 bridgehead atoms. The summed E-state index contributed by atoms with van der Waals surface area (Å²) in [6, 6.07) is 11.7. The van der Waals surface area contributed by atoms with Crippen molar-refractivity contribution in [3.8, 4) is 5.75 Å². The van der Waals surface area contributed by atoms with Gasteiger partial charge in [0, 0.05) is 5.69 Å². The SMILES string of the molecule is COc1ccc(NC(=S)N(CC[NH+]2CCCCC2)Cc2ccco2)cc1. The zero-order chi connectivity index (χ0) is 18.2. The van der Waals surface area contributed by atoms with Crippen LogP contribution < -0.4 is 15.0 Å². The number of hydrogen-bond acceptors (Lipinski definition) is 3. The number of nitrogens with one attached hydrogen (secondary N) is 2. The van der Waals surface area contributed by atoms with Gasteiger partial charge in [-0.2, -0.15) is 0 Å². The summed E-state index contributed by atoms with van der Waals surface area (Å²) in [5.41, 5.74) is 0.963. The number of hydrogen-bond donors (Lipinski definition) is 2. The summed E-state index contributed by atoms with van der Waals surface area (Å²) in [5.74, 6) is 1.76. The molecule has 6 heteroatoms. The molecule has 1 saturated heterocycles. The zero-order valence-corrected chi connectivity index (χ0v) is 16.2. The molecule has 0 spiro atoms. The molecule has 0 atom stereocenters. The molecule has 5 nitrogen and oxygen atoms in total. The minimum Gasteiger partial charge on any atom is -0.497 e. The number of furan rings is 1. The van der Waals surface area contributed by atoms with Crippen molar-refractivity contribution in [3.63, 3.8) is 0 Å². The first-order chi connectivity index (χ1) is 12.7. The number of anilines is 1. The molecule has 1 aromatic heterocycles. The molecule has 2 N–H and O–H groups in total. The first-order valence-electron chi connectivity index (χ1n) is 9.30. The van der Waals surface area contributed by atoms with Crippen molar-refractivity contribution >= 4 is 23.0 Å². The maximum Gasteiger partial charge on any atom is 0.174 e. The van der Waals surface area contributed by atoms with Gasteiger partial charge in [0.1, 0.15) is 11.5 Å². The predicted molar refractivity (Wildman–Crippen MR) is 108 cm³/mol. The number of thiocarbonyl (C=S) groups is 1. The minimum absolute atomic E-state index is 0.683. The van der Waals surface area contributed by atoms with Crippen LogP contribution >= 0.6 is 12.2 Å². The average molecular weight is 375 g/mol. The smallest absolute Gasteiger partial charge is 0.174 e. The highest BCUT2D eigenvalue weighted by Crippen LogP contribution is 2.16. The average Bonchev–Trinajstić information content (AvgIpc) is 3.19. The molecule has 0 unspecified atom stereocenters. The van der Waals surface area contributed by atoms with Crippen molar-refractivity contribution in [2.24, 2.45) is 0 Å². The number of rotatable bonds is 7. The van der Waals surface area contributed by atoms with Gasteiger partial charge in [-0.1, -0.05) is 0 Å². The monoisotopic (exact) mass is 374 g/mol. The van der Waals surface area contributed by atoms with Crippen LogP contribution in [0.5, 0.6) is 5.75 Å². The molecular weight excluding hydrogens is 346 g/mol. The number of nitrogens with zero attached hydrogens (tertiary/aromatic N) is 1. The van der Waals surface area contributed by atoms with E-state index in [4.69, 9.17) is 21.4 Å². The van der Waals surface area contributed by atoms with E-state index in [1.165, 1.54) is 32.4 Å². The van der Waals surface area contributed by atoms with Crippen LogP contribution in [-0.4, -0.2) is 43.3 Å². The third-order valence-electron chi connectivity index (χ3n) is 4.85. The molecule has 1 aliphatic rings. The second kappa shape index (κ2) is 9.59. The van der Waals surface area contributed by atoms with Gasteiger partial charge in [0.15, 0.2) is 5.11 Å². The van der Waals surface area contributed by atoms with E-state index in [0.717, 1.165) is 35.4 Å². The van der Waals surface area contributed by atoms with E-state index < -0.39 is 0 Å². The summed E-state index contributed by atoms with van der Waals surface area (Å²) in [6.07, 6.45) is 5.75. The van der Waals surface area contributed by atoms with Gasteiger partial charge in [-0.25, -0.2) is 0 Å². The van der Waals surface area contributed by atoms with Gasteiger partial charge in [0.05, 0.1) is 46.1 Å². The minimum atomic E-state index is 0.683.